The number of benzene rings is 2. The van der Waals surface area contributed by atoms with Crippen LogP contribution in [0.2, 0.25) is 0 Å². The topological polar surface area (TPSA) is 78.7 Å². The lowest BCUT2D eigenvalue weighted by Gasteiger charge is -2.20. The van der Waals surface area contributed by atoms with Gasteiger partial charge in [-0.25, -0.2) is 0 Å². The van der Waals surface area contributed by atoms with Crippen LogP contribution in [0.15, 0.2) is 88.5 Å². The van der Waals surface area contributed by atoms with Crippen molar-refractivity contribution in [3.05, 3.63) is 95.9 Å². The van der Waals surface area contributed by atoms with Gasteiger partial charge in [-0.1, -0.05) is 60.7 Å². The van der Waals surface area contributed by atoms with Gasteiger partial charge in [-0.05, 0) is 23.3 Å². The molecule has 30 heavy (non-hydrogen) atoms. The van der Waals surface area contributed by atoms with Crippen molar-refractivity contribution in [2.75, 3.05) is 26.7 Å². The van der Waals surface area contributed by atoms with Gasteiger partial charge in [0.05, 0.1) is 6.26 Å². The lowest BCUT2D eigenvalue weighted by Crippen LogP contribution is -2.42. The third kappa shape index (κ3) is 6.91. The zero-order valence-electron chi connectivity index (χ0n) is 16.9. The largest absolute Gasteiger partial charge is 0.459 e. The van der Waals surface area contributed by atoms with Gasteiger partial charge in [0, 0.05) is 32.6 Å². The number of furan rings is 1. The number of aliphatic imine (C=N–C) groups is 1. The highest BCUT2D eigenvalue weighted by Gasteiger charge is 2.14. The molecule has 1 aromatic heterocycles. The second kappa shape index (κ2) is 12.7. The molecule has 0 atom stereocenters. The molecule has 0 spiro atoms. The van der Waals surface area contributed by atoms with Crippen molar-refractivity contribution >= 4 is 35.8 Å². The van der Waals surface area contributed by atoms with Crippen molar-refractivity contribution in [2.45, 2.75) is 5.92 Å². The Kier molecular flexibility index (Phi) is 9.93. The molecule has 0 saturated heterocycles. The molecule has 0 unspecified atom stereocenters. The first-order valence-electron chi connectivity index (χ1n) is 9.64. The van der Waals surface area contributed by atoms with Gasteiger partial charge in [-0.3, -0.25) is 9.79 Å². The molecule has 3 N–H and O–H groups in total. The minimum Gasteiger partial charge on any atom is -0.459 e. The molecule has 158 valence electrons. The molecule has 0 radical (unpaired) electrons. The molecule has 1 heterocycles. The van der Waals surface area contributed by atoms with Gasteiger partial charge in [0.15, 0.2) is 11.7 Å². The number of hydrogen-bond acceptors (Lipinski definition) is 3. The number of halogens is 1. The highest BCUT2D eigenvalue weighted by Crippen LogP contribution is 2.23. The quantitative estimate of drug-likeness (QED) is 0.184. The van der Waals surface area contributed by atoms with Gasteiger partial charge in [0.1, 0.15) is 0 Å². The molecule has 0 aliphatic carbocycles. The smallest absolute Gasteiger partial charge is 0.287 e. The molecule has 2 aromatic carbocycles. The van der Waals surface area contributed by atoms with E-state index in [-0.39, 0.29) is 35.8 Å². The number of rotatable bonds is 8. The fraction of sp³-hybridized carbons (Fsp3) is 0.217. The summed E-state index contributed by atoms with van der Waals surface area (Å²) >= 11 is 0. The first kappa shape index (κ1) is 23.5. The summed E-state index contributed by atoms with van der Waals surface area (Å²) in [7, 11) is 1.73. The summed E-state index contributed by atoms with van der Waals surface area (Å²) in [5, 5.41) is 9.41. The van der Waals surface area contributed by atoms with E-state index in [4.69, 9.17) is 4.42 Å². The van der Waals surface area contributed by atoms with E-state index in [1.54, 1.807) is 19.2 Å². The lowest BCUT2D eigenvalue weighted by atomic mass is 9.91. The van der Waals surface area contributed by atoms with E-state index in [9.17, 15) is 4.79 Å². The highest BCUT2D eigenvalue weighted by molar-refractivity contribution is 14.0. The minimum absolute atomic E-state index is 0. The number of guanidine groups is 1. The van der Waals surface area contributed by atoms with Crippen molar-refractivity contribution in [1.82, 2.24) is 16.0 Å². The van der Waals surface area contributed by atoms with Crippen molar-refractivity contribution in [2.24, 2.45) is 4.99 Å². The van der Waals surface area contributed by atoms with Crippen LogP contribution in [0.4, 0.5) is 0 Å². The molecule has 1 amide bonds. The number of carbonyl (C=O) groups excluding carboxylic acids is 1. The van der Waals surface area contributed by atoms with Crippen LogP contribution in [0, 0.1) is 0 Å². The zero-order chi connectivity index (χ0) is 20.3. The Hall–Kier alpha value is -2.81. The van der Waals surface area contributed by atoms with E-state index in [0.717, 1.165) is 0 Å². The number of nitrogens with zero attached hydrogens (tertiary/aromatic N) is 1. The van der Waals surface area contributed by atoms with E-state index in [1.165, 1.54) is 17.4 Å². The average molecular weight is 518 g/mol. The van der Waals surface area contributed by atoms with Crippen LogP contribution in [0.5, 0.6) is 0 Å². The van der Waals surface area contributed by atoms with Crippen molar-refractivity contribution < 1.29 is 9.21 Å². The summed E-state index contributed by atoms with van der Waals surface area (Å²) in [6.45, 7) is 1.71. The van der Waals surface area contributed by atoms with Gasteiger partial charge in [0.2, 0.25) is 0 Å². The zero-order valence-corrected chi connectivity index (χ0v) is 19.2. The standard InChI is InChI=1S/C23H26N4O2.HI/c1-24-23(26-15-14-25-22(28)21-13-8-16-29-21)27-17-20(18-9-4-2-5-10-18)19-11-6-3-7-12-19;/h2-13,16,20H,14-15,17H2,1H3,(H,25,28)(H2,24,26,27);1H. The maximum Gasteiger partial charge on any atom is 0.287 e. The van der Waals surface area contributed by atoms with Gasteiger partial charge < -0.3 is 20.4 Å². The van der Waals surface area contributed by atoms with Gasteiger partial charge in [0.25, 0.3) is 5.91 Å². The van der Waals surface area contributed by atoms with Gasteiger partial charge in [-0.2, -0.15) is 0 Å². The molecule has 0 fully saturated rings. The van der Waals surface area contributed by atoms with E-state index in [1.807, 2.05) is 12.1 Å². The van der Waals surface area contributed by atoms with Crippen LogP contribution in [0.25, 0.3) is 0 Å². The predicted octanol–water partition coefficient (Wildman–Crippen LogP) is 3.62. The second-order valence-corrected chi connectivity index (χ2v) is 6.49. The highest BCUT2D eigenvalue weighted by atomic mass is 127. The fourth-order valence-electron chi connectivity index (χ4n) is 3.07. The molecule has 0 aliphatic heterocycles. The lowest BCUT2D eigenvalue weighted by molar-refractivity contribution is 0.0926. The minimum atomic E-state index is -0.229. The summed E-state index contributed by atoms with van der Waals surface area (Å²) in [5.41, 5.74) is 2.49. The summed E-state index contributed by atoms with van der Waals surface area (Å²) < 4.78 is 5.08. The molecule has 0 saturated carbocycles. The van der Waals surface area contributed by atoms with Crippen LogP contribution in [-0.2, 0) is 0 Å². The fourth-order valence-corrected chi connectivity index (χ4v) is 3.07. The van der Waals surface area contributed by atoms with Crippen LogP contribution in [-0.4, -0.2) is 38.5 Å². The normalized spacial score (nSPS) is 10.9. The predicted molar refractivity (Wildman–Crippen MR) is 131 cm³/mol. The van der Waals surface area contributed by atoms with Crippen molar-refractivity contribution in [3.63, 3.8) is 0 Å². The molecule has 7 heteroatoms. The third-order valence-corrected chi connectivity index (χ3v) is 4.55. The van der Waals surface area contributed by atoms with Crippen molar-refractivity contribution in [1.29, 1.82) is 0 Å². The van der Waals surface area contributed by atoms with Crippen LogP contribution in [0.1, 0.15) is 27.6 Å². The van der Waals surface area contributed by atoms with E-state index >= 15 is 0 Å². The maximum absolute atomic E-state index is 11.9. The molecule has 0 bridgehead atoms. The summed E-state index contributed by atoms with van der Waals surface area (Å²) in [5.74, 6) is 0.970. The average Bonchev–Trinajstić information content (AvgIpc) is 3.32. The Morgan fingerprint density at radius 2 is 1.47 bits per heavy atom. The van der Waals surface area contributed by atoms with E-state index in [0.29, 0.717) is 31.4 Å². The Bertz CT molecular complexity index is 860. The number of nitrogens with one attached hydrogen (secondary N) is 3. The first-order valence-corrected chi connectivity index (χ1v) is 9.64. The number of amides is 1. The Morgan fingerprint density at radius 1 is 0.867 bits per heavy atom. The molecule has 6 nitrogen and oxygen atoms in total. The Morgan fingerprint density at radius 3 is 2.00 bits per heavy atom. The molecular formula is C23H27IN4O2. The van der Waals surface area contributed by atoms with Gasteiger partial charge >= 0.3 is 0 Å². The van der Waals surface area contributed by atoms with E-state index < -0.39 is 0 Å². The van der Waals surface area contributed by atoms with Crippen LogP contribution in [0.3, 0.4) is 0 Å². The molecule has 3 rings (SSSR count). The van der Waals surface area contributed by atoms with Crippen molar-refractivity contribution in [3.8, 4) is 0 Å². The van der Waals surface area contributed by atoms with E-state index in [2.05, 4.69) is 69.5 Å². The SMILES string of the molecule is CN=C(NCCNC(=O)c1ccco1)NCC(c1ccccc1)c1ccccc1.I. The Labute approximate surface area is 194 Å². The van der Waals surface area contributed by atoms with Crippen LogP contribution < -0.4 is 16.0 Å². The molecule has 3 aromatic rings. The third-order valence-electron chi connectivity index (χ3n) is 4.55. The monoisotopic (exact) mass is 518 g/mol. The van der Waals surface area contributed by atoms with Crippen LogP contribution >= 0.6 is 24.0 Å². The number of hydrogen-bond donors (Lipinski definition) is 3. The molecular weight excluding hydrogens is 491 g/mol. The first-order chi connectivity index (χ1) is 14.3. The van der Waals surface area contributed by atoms with Gasteiger partial charge in [-0.15, -0.1) is 24.0 Å². The molecule has 0 aliphatic rings. The second-order valence-electron chi connectivity index (χ2n) is 6.49. The number of carbonyl (C=O) groups is 1. The summed E-state index contributed by atoms with van der Waals surface area (Å²) in [6, 6.07) is 24.2. The Balaban J connectivity index is 0.00000320. The maximum atomic E-state index is 11.9. The summed E-state index contributed by atoms with van der Waals surface area (Å²) in [6.07, 6.45) is 1.48. The summed E-state index contributed by atoms with van der Waals surface area (Å²) in [4.78, 5) is 16.1.